The predicted octanol–water partition coefficient (Wildman–Crippen LogP) is 14.1. The molecule has 0 N–H and O–H groups in total. The number of aromatic nitrogens is 1. The van der Waals surface area contributed by atoms with E-state index in [4.69, 9.17) is 4.42 Å². The third-order valence-electron chi connectivity index (χ3n) is 10.7. The molecule has 3 heteroatoms. The van der Waals surface area contributed by atoms with Crippen LogP contribution < -0.4 is 4.90 Å². The van der Waals surface area contributed by atoms with Gasteiger partial charge in [-0.05, 0) is 100 Å². The molecule has 0 aliphatic carbocycles. The summed E-state index contributed by atoms with van der Waals surface area (Å²) in [7, 11) is 0. The molecule has 2 aromatic heterocycles. The van der Waals surface area contributed by atoms with Gasteiger partial charge in [-0.2, -0.15) is 0 Å². The molecule has 0 radical (unpaired) electrons. The lowest BCUT2D eigenvalue weighted by molar-refractivity contribution is 0.673. The lowest BCUT2D eigenvalue weighted by Crippen LogP contribution is -2.10. The van der Waals surface area contributed by atoms with Gasteiger partial charge >= 0.3 is 0 Å². The molecule has 9 aromatic carbocycles. The minimum absolute atomic E-state index is 0.915. The summed E-state index contributed by atoms with van der Waals surface area (Å²) >= 11 is 0. The number of rotatable bonds is 5. The van der Waals surface area contributed by atoms with Crippen LogP contribution in [0.2, 0.25) is 0 Å². The number of fused-ring (bicyclic) bond motifs is 10. The van der Waals surface area contributed by atoms with E-state index in [-0.39, 0.29) is 0 Å². The van der Waals surface area contributed by atoms with Gasteiger partial charge in [-0.15, -0.1) is 0 Å². The third kappa shape index (κ3) is 4.68. The molecule has 3 nitrogen and oxygen atoms in total. The van der Waals surface area contributed by atoms with Crippen molar-refractivity contribution in [3.8, 4) is 16.8 Å². The highest BCUT2D eigenvalue weighted by molar-refractivity contribution is 6.23. The average Bonchev–Trinajstić information content (AvgIpc) is 3.77. The highest BCUT2D eigenvalue weighted by atomic mass is 16.3. The van der Waals surface area contributed by atoms with E-state index in [1.165, 1.54) is 43.7 Å². The van der Waals surface area contributed by atoms with Gasteiger partial charge in [0, 0.05) is 49.7 Å². The van der Waals surface area contributed by atoms with Crippen molar-refractivity contribution in [2.45, 2.75) is 0 Å². The molecule has 0 saturated heterocycles. The molecule has 248 valence electrons. The van der Waals surface area contributed by atoms with Crippen LogP contribution in [-0.4, -0.2) is 4.57 Å². The van der Waals surface area contributed by atoms with Crippen molar-refractivity contribution in [2.24, 2.45) is 0 Å². The van der Waals surface area contributed by atoms with E-state index < -0.39 is 0 Å². The quantitative estimate of drug-likeness (QED) is 0.169. The summed E-state index contributed by atoms with van der Waals surface area (Å²) in [4.78, 5) is 2.38. The zero-order chi connectivity index (χ0) is 34.9. The fourth-order valence-corrected chi connectivity index (χ4v) is 8.29. The summed E-state index contributed by atoms with van der Waals surface area (Å²) in [5.41, 5.74) is 11.1. The Morgan fingerprint density at radius 2 is 0.981 bits per heavy atom. The number of nitrogens with zero attached hydrogens (tertiary/aromatic N) is 2. The molecule has 0 spiro atoms. The van der Waals surface area contributed by atoms with Gasteiger partial charge in [0.2, 0.25) is 0 Å². The molecule has 0 aliphatic rings. The van der Waals surface area contributed by atoms with Crippen molar-refractivity contribution in [2.75, 3.05) is 4.90 Å². The lowest BCUT2D eigenvalue weighted by Gasteiger charge is -2.26. The predicted molar refractivity (Wildman–Crippen MR) is 223 cm³/mol. The third-order valence-corrected chi connectivity index (χ3v) is 10.7. The maximum atomic E-state index is 6.54. The smallest absolute Gasteiger partial charge is 0.143 e. The Morgan fingerprint density at radius 3 is 1.83 bits per heavy atom. The first kappa shape index (κ1) is 29.6. The fourth-order valence-electron chi connectivity index (χ4n) is 8.29. The number of para-hydroxylation sites is 3. The zero-order valence-corrected chi connectivity index (χ0v) is 28.8. The topological polar surface area (TPSA) is 21.3 Å². The summed E-state index contributed by atoms with van der Waals surface area (Å²) in [6.07, 6.45) is 0. The number of benzene rings is 9. The Bertz CT molecular complexity index is 3160. The highest BCUT2D eigenvalue weighted by Crippen LogP contribution is 2.43. The molecule has 0 amide bonds. The second-order valence-corrected chi connectivity index (χ2v) is 13.7. The number of furan rings is 1. The largest absolute Gasteiger partial charge is 0.455 e. The van der Waals surface area contributed by atoms with E-state index in [1.807, 2.05) is 6.07 Å². The molecule has 0 atom stereocenters. The Kier molecular flexibility index (Phi) is 6.55. The normalized spacial score (nSPS) is 11.8. The van der Waals surface area contributed by atoms with Crippen LogP contribution in [0.3, 0.4) is 0 Å². The van der Waals surface area contributed by atoms with Gasteiger partial charge in [-0.1, -0.05) is 121 Å². The maximum absolute atomic E-state index is 6.54. The van der Waals surface area contributed by atoms with E-state index in [0.717, 1.165) is 55.5 Å². The molecule has 0 bridgehead atoms. The van der Waals surface area contributed by atoms with Crippen molar-refractivity contribution in [3.05, 3.63) is 194 Å². The van der Waals surface area contributed by atoms with Gasteiger partial charge < -0.3 is 13.9 Å². The molecular formula is C50H32N2O. The molecule has 0 saturated carbocycles. The van der Waals surface area contributed by atoms with Crippen LogP contribution in [0.15, 0.2) is 199 Å². The van der Waals surface area contributed by atoms with E-state index in [0.29, 0.717) is 0 Å². The van der Waals surface area contributed by atoms with Gasteiger partial charge in [0.15, 0.2) is 0 Å². The van der Waals surface area contributed by atoms with Crippen molar-refractivity contribution in [3.63, 3.8) is 0 Å². The lowest BCUT2D eigenvalue weighted by atomic mass is 9.98. The first-order valence-electron chi connectivity index (χ1n) is 18.1. The molecular weight excluding hydrogens is 645 g/mol. The minimum Gasteiger partial charge on any atom is -0.455 e. The summed E-state index contributed by atoms with van der Waals surface area (Å²) in [6, 6.07) is 69.8. The van der Waals surface area contributed by atoms with Gasteiger partial charge in [-0.3, -0.25) is 0 Å². The first-order chi connectivity index (χ1) is 26.3. The molecule has 0 fully saturated rings. The van der Waals surface area contributed by atoms with Gasteiger partial charge in [-0.25, -0.2) is 0 Å². The van der Waals surface area contributed by atoms with E-state index in [9.17, 15) is 0 Å². The SMILES string of the molecule is c1ccc(-c2ccc(N(c3ccc4c(ccc5ccc6c7ccccc7oc6c54)c3)c3ccc4c(c3)c3ccccc3n4-c3ccccc3)cc2)cc1. The van der Waals surface area contributed by atoms with Crippen LogP contribution in [0.25, 0.3) is 82.1 Å². The van der Waals surface area contributed by atoms with Gasteiger partial charge in [0.25, 0.3) is 0 Å². The van der Waals surface area contributed by atoms with Crippen LogP contribution in [0, 0.1) is 0 Å². The number of hydrogen-bond acceptors (Lipinski definition) is 2. The summed E-state index contributed by atoms with van der Waals surface area (Å²) < 4.78 is 8.90. The fraction of sp³-hybridized carbons (Fsp3) is 0. The van der Waals surface area contributed by atoms with Crippen molar-refractivity contribution in [1.82, 2.24) is 4.57 Å². The highest BCUT2D eigenvalue weighted by Gasteiger charge is 2.19. The van der Waals surface area contributed by atoms with Crippen LogP contribution in [0.4, 0.5) is 17.1 Å². The molecule has 0 aliphatic heterocycles. The van der Waals surface area contributed by atoms with E-state index in [1.54, 1.807) is 0 Å². The number of anilines is 3. The van der Waals surface area contributed by atoms with Crippen molar-refractivity contribution < 1.29 is 4.42 Å². The summed E-state index contributed by atoms with van der Waals surface area (Å²) in [5, 5.41) is 9.40. The molecule has 11 aromatic rings. The number of hydrogen-bond donors (Lipinski definition) is 0. The Balaban J connectivity index is 1.13. The van der Waals surface area contributed by atoms with Crippen LogP contribution in [0.1, 0.15) is 0 Å². The van der Waals surface area contributed by atoms with Crippen molar-refractivity contribution >= 4 is 82.4 Å². The molecule has 11 rings (SSSR count). The molecule has 2 heterocycles. The average molecular weight is 677 g/mol. The minimum atomic E-state index is 0.915. The van der Waals surface area contributed by atoms with Crippen LogP contribution in [0.5, 0.6) is 0 Å². The Morgan fingerprint density at radius 1 is 0.377 bits per heavy atom. The standard InChI is InChI=1S/C50H32N2O/c1-3-11-33(12-4-1)34-21-24-38(25-22-34)51(40-27-30-47-45(32-40)42-15-7-9-17-46(42)52(47)37-13-5-2-6-14-37)39-26-29-41-36(31-39)20-19-35-23-28-44-43-16-8-10-18-48(43)53-50(44)49(35)41/h1-32H. The Hall–Kier alpha value is -7.10. The van der Waals surface area contributed by atoms with E-state index in [2.05, 4.69) is 198 Å². The van der Waals surface area contributed by atoms with E-state index >= 15 is 0 Å². The molecule has 0 unspecified atom stereocenters. The van der Waals surface area contributed by atoms with Gasteiger partial charge in [0.05, 0.1) is 11.0 Å². The first-order valence-corrected chi connectivity index (χ1v) is 18.1. The zero-order valence-electron chi connectivity index (χ0n) is 28.8. The second kappa shape index (κ2) is 11.7. The Labute approximate surface area is 306 Å². The summed E-state index contributed by atoms with van der Waals surface area (Å²) in [6.45, 7) is 0. The summed E-state index contributed by atoms with van der Waals surface area (Å²) in [5.74, 6) is 0. The van der Waals surface area contributed by atoms with Crippen LogP contribution in [-0.2, 0) is 0 Å². The molecule has 53 heavy (non-hydrogen) atoms. The van der Waals surface area contributed by atoms with Crippen LogP contribution >= 0.6 is 0 Å². The monoisotopic (exact) mass is 676 g/mol. The van der Waals surface area contributed by atoms with Gasteiger partial charge in [0.1, 0.15) is 11.2 Å². The van der Waals surface area contributed by atoms with Crippen molar-refractivity contribution in [1.29, 1.82) is 0 Å². The second-order valence-electron chi connectivity index (χ2n) is 13.7. The maximum Gasteiger partial charge on any atom is 0.143 e.